The molecule has 0 fully saturated rings. The fraction of sp³-hybridized carbons (Fsp3) is 0.889. The normalized spacial score (nSPS) is 14.5. The predicted octanol–water partition coefficient (Wildman–Crippen LogP) is -0.284. The SMILES string of the molecule is COCCN(CCOC)C(C)C(N)=NO. The zero-order chi connectivity index (χ0) is 11.7. The molecule has 0 aromatic rings. The van der Waals surface area contributed by atoms with Crippen molar-refractivity contribution in [3.63, 3.8) is 0 Å². The Morgan fingerprint density at radius 1 is 1.33 bits per heavy atom. The molecule has 0 aromatic heterocycles. The molecule has 0 saturated heterocycles. The Kier molecular flexibility index (Phi) is 7.98. The van der Waals surface area contributed by atoms with Crippen LogP contribution in [0.5, 0.6) is 0 Å². The zero-order valence-electron chi connectivity index (χ0n) is 9.64. The van der Waals surface area contributed by atoms with Crippen molar-refractivity contribution in [2.45, 2.75) is 13.0 Å². The molecule has 1 atom stereocenters. The maximum Gasteiger partial charge on any atom is 0.156 e. The lowest BCUT2D eigenvalue weighted by Gasteiger charge is -2.27. The summed E-state index contributed by atoms with van der Waals surface area (Å²) in [7, 11) is 3.28. The summed E-state index contributed by atoms with van der Waals surface area (Å²) in [6.07, 6.45) is 0. The van der Waals surface area contributed by atoms with Gasteiger partial charge in [-0.1, -0.05) is 5.16 Å². The Balaban J connectivity index is 4.19. The second kappa shape index (κ2) is 8.46. The first-order valence-corrected chi connectivity index (χ1v) is 4.86. The highest BCUT2D eigenvalue weighted by molar-refractivity contribution is 5.84. The van der Waals surface area contributed by atoms with Gasteiger partial charge in [0, 0.05) is 27.3 Å². The average Bonchev–Trinajstić information content (AvgIpc) is 2.27. The van der Waals surface area contributed by atoms with Crippen LogP contribution in [0, 0.1) is 0 Å². The van der Waals surface area contributed by atoms with Crippen molar-refractivity contribution in [3.8, 4) is 0 Å². The summed E-state index contributed by atoms with van der Waals surface area (Å²) >= 11 is 0. The Labute approximate surface area is 90.6 Å². The highest BCUT2D eigenvalue weighted by Crippen LogP contribution is 1.99. The van der Waals surface area contributed by atoms with Gasteiger partial charge in [-0.2, -0.15) is 0 Å². The van der Waals surface area contributed by atoms with Crippen molar-refractivity contribution < 1.29 is 14.7 Å². The first kappa shape index (κ1) is 14.2. The van der Waals surface area contributed by atoms with E-state index in [-0.39, 0.29) is 11.9 Å². The van der Waals surface area contributed by atoms with E-state index in [1.807, 2.05) is 11.8 Å². The minimum Gasteiger partial charge on any atom is -0.409 e. The molecule has 0 rings (SSSR count). The summed E-state index contributed by atoms with van der Waals surface area (Å²) in [6.45, 7) is 4.52. The largest absolute Gasteiger partial charge is 0.409 e. The van der Waals surface area contributed by atoms with Gasteiger partial charge in [0.15, 0.2) is 5.84 Å². The monoisotopic (exact) mass is 219 g/mol. The van der Waals surface area contributed by atoms with Crippen LogP contribution in [0.15, 0.2) is 5.16 Å². The van der Waals surface area contributed by atoms with Crippen molar-refractivity contribution in [2.75, 3.05) is 40.5 Å². The Morgan fingerprint density at radius 3 is 2.13 bits per heavy atom. The maximum absolute atomic E-state index is 8.58. The average molecular weight is 219 g/mol. The lowest BCUT2D eigenvalue weighted by Crippen LogP contribution is -2.45. The van der Waals surface area contributed by atoms with Crippen LogP contribution in [0.3, 0.4) is 0 Å². The van der Waals surface area contributed by atoms with Gasteiger partial charge in [-0.15, -0.1) is 0 Å². The molecule has 0 aliphatic rings. The number of hydrogen-bond acceptors (Lipinski definition) is 5. The van der Waals surface area contributed by atoms with Crippen molar-refractivity contribution in [1.82, 2.24) is 4.90 Å². The van der Waals surface area contributed by atoms with Gasteiger partial charge < -0.3 is 20.4 Å². The van der Waals surface area contributed by atoms with E-state index >= 15 is 0 Å². The van der Waals surface area contributed by atoms with Crippen LogP contribution in [-0.4, -0.2) is 62.5 Å². The maximum atomic E-state index is 8.58. The van der Waals surface area contributed by atoms with Gasteiger partial charge in [0.1, 0.15) is 0 Å². The molecule has 1 unspecified atom stereocenters. The van der Waals surface area contributed by atoms with Crippen molar-refractivity contribution >= 4 is 5.84 Å². The third kappa shape index (κ3) is 5.56. The topological polar surface area (TPSA) is 80.3 Å². The molecule has 0 aliphatic heterocycles. The standard InChI is InChI=1S/C9H21N3O3/c1-8(9(10)11-13)12(4-6-14-2)5-7-15-3/h8,13H,4-7H2,1-3H3,(H2,10,11). The molecule has 3 N–H and O–H groups in total. The molecular formula is C9H21N3O3. The Morgan fingerprint density at radius 2 is 1.80 bits per heavy atom. The van der Waals surface area contributed by atoms with Crippen molar-refractivity contribution in [2.24, 2.45) is 10.9 Å². The van der Waals surface area contributed by atoms with Crippen molar-refractivity contribution in [3.05, 3.63) is 0 Å². The Hall–Kier alpha value is -0.850. The van der Waals surface area contributed by atoms with Gasteiger partial charge in [0.2, 0.25) is 0 Å². The van der Waals surface area contributed by atoms with Crippen LogP contribution >= 0.6 is 0 Å². The molecule has 90 valence electrons. The number of methoxy groups -OCH3 is 2. The van der Waals surface area contributed by atoms with Crippen LogP contribution in [0.2, 0.25) is 0 Å². The molecular weight excluding hydrogens is 198 g/mol. The van der Waals surface area contributed by atoms with E-state index in [0.717, 1.165) is 13.1 Å². The minimum absolute atomic E-state index is 0.125. The van der Waals surface area contributed by atoms with Gasteiger partial charge in [-0.05, 0) is 6.92 Å². The lowest BCUT2D eigenvalue weighted by atomic mass is 10.2. The molecule has 0 spiro atoms. The number of rotatable bonds is 8. The molecule has 0 aliphatic carbocycles. The summed E-state index contributed by atoms with van der Waals surface area (Å²) in [5.41, 5.74) is 5.54. The van der Waals surface area contributed by atoms with E-state index in [9.17, 15) is 0 Å². The van der Waals surface area contributed by atoms with Crippen molar-refractivity contribution in [1.29, 1.82) is 0 Å². The number of nitrogens with zero attached hydrogens (tertiary/aromatic N) is 2. The smallest absolute Gasteiger partial charge is 0.156 e. The highest BCUT2D eigenvalue weighted by atomic mass is 16.5. The summed E-state index contributed by atoms with van der Waals surface area (Å²) in [6, 6.07) is -0.125. The molecule has 0 aromatic carbocycles. The van der Waals surface area contributed by atoms with Gasteiger partial charge in [0.05, 0.1) is 19.3 Å². The van der Waals surface area contributed by atoms with E-state index < -0.39 is 0 Å². The van der Waals surface area contributed by atoms with E-state index in [4.69, 9.17) is 20.4 Å². The predicted molar refractivity (Wildman–Crippen MR) is 58.2 cm³/mol. The van der Waals surface area contributed by atoms with E-state index in [0.29, 0.717) is 13.2 Å². The highest BCUT2D eigenvalue weighted by Gasteiger charge is 2.16. The summed E-state index contributed by atoms with van der Waals surface area (Å²) in [5, 5.41) is 11.6. The van der Waals surface area contributed by atoms with Gasteiger partial charge in [-0.25, -0.2) is 0 Å². The van der Waals surface area contributed by atoms with Gasteiger partial charge >= 0.3 is 0 Å². The third-order valence-corrected chi connectivity index (χ3v) is 2.26. The molecule has 15 heavy (non-hydrogen) atoms. The van der Waals surface area contributed by atoms with Crippen LogP contribution in [-0.2, 0) is 9.47 Å². The minimum atomic E-state index is -0.125. The van der Waals surface area contributed by atoms with E-state index in [1.54, 1.807) is 14.2 Å². The first-order chi connectivity index (χ1) is 7.17. The van der Waals surface area contributed by atoms with Crippen LogP contribution in [0.1, 0.15) is 6.92 Å². The number of amidine groups is 1. The second-order valence-electron chi connectivity index (χ2n) is 3.22. The summed E-state index contributed by atoms with van der Waals surface area (Å²) in [4.78, 5) is 2.03. The first-order valence-electron chi connectivity index (χ1n) is 4.86. The number of hydrogen-bond donors (Lipinski definition) is 2. The fourth-order valence-electron chi connectivity index (χ4n) is 1.19. The molecule has 0 saturated carbocycles. The quantitative estimate of drug-likeness (QED) is 0.254. The van der Waals surface area contributed by atoms with E-state index in [1.165, 1.54) is 0 Å². The number of ether oxygens (including phenoxy) is 2. The molecule has 0 heterocycles. The van der Waals surface area contributed by atoms with E-state index in [2.05, 4.69) is 5.16 Å². The fourth-order valence-corrected chi connectivity index (χ4v) is 1.19. The van der Waals surface area contributed by atoms with Gasteiger partial charge in [-0.3, -0.25) is 4.90 Å². The molecule has 0 radical (unpaired) electrons. The zero-order valence-corrected chi connectivity index (χ0v) is 9.64. The lowest BCUT2D eigenvalue weighted by molar-refractivity contribution is 0.106. The number of nitrogens with two attached hydrogens (primary N) is 1. The Bertz CT molecular complexity index is 179. The number of oxime groups is 1. The molecule has 6 nitrogen and oxygen atoms in total. The third-order valence-electron chi connectivity index (χ3n) is 2.26. The molecule has 0 bridgehead atoms. The second-order valence-corrected chi connectivity index (χ2v) is 3.22. The van der Waals surface area contributed by atoms with Crippen LogP contribution < -0.4 is 5.73 Å². The molecule has 0 amide bonds. The van der Waals surface area contributed by atoms with Gasteiger partial charge in [0.25, 0.3) is 0 Å². The molecule has 6 heteroatoms. The summed E-state index contributed by atoms with van der Waals surface area (Å²) in [5.74, 6) is 0.196. The van der Waals surface area contributed by atoms with Crippen LogP contribution in [0.4, 0.5) is 0 Å². The summed E-state index contributed by atoms with van der Waals surface area (Å²) < 4.78 is 9.98. The van der Waals surface area contributed by atoms with Crippen LogP contribution in [0.25, 0.3) is 0 Å².